The summed E-state index contributed by atoms with van der Waals surface area (Å²) in [6.07, 6.45) is -0.220. The minimum atomic E-state index is -1.31. The molecular formula is C11H12O5. The lowest BCUT2D eigenvalue weighted by Gasteiger charge is -2.13. The highest BCUT2D eigenvalue weighted by molar-refractivity contribution is 6.03. The molecule has 1 aromatic carbocycles. The zero-order valence-corrected chi connectivity index (χ0v) is 8.93. The zero-order valence-electron chi connectivity index (χ0n) is 8.93. The Morgan fingerprint density at radius 1 is 1.19 bits per heavy atom. The minimum Gasteiger partial charge on any atom is -0.490 e. The Morgan fingerprint density at radius 3 is 2.25 bits per heavy atom. The Labute approximate surface area is 92.3 Å². The van der Waals surface area contributed by atoms with E-state index < -0.39 is 11.9 Å². The van der Waals surface area contributed by atoms with Crippen LogP contribution in [-0.2, 0) is 0 Å². The summed E-state index contributed by atoms with van der Waals surface area (Å²) in [5, 5.41) is 17.8. The number of carbonyl (C=O) groups is 2. The fourth-order valence-electron chi connectivity index (χ4n) is 1.28. The van der Waals surface area contributed by atoms with Crippen molar-refractivity contribution in [3.63, 3.8) is 0 Å². The van der Waals surface area contributed by atoms with Crippen LogP contribution in [0.5, 0.6) is 5.75 Å². The summed E-state index contributed by atoms with van der Waals surface area (Å²) < 4.78 is 5.25. The molecule has 0 saturated heterocycles. The number of benzene rings is 1. The normalized spacial score (nSPS) is 10.2. The number of aromatic carboxylic acids is 2. The van der Waals surface area contributed by atoms with Crippen LogP contribution in [0.15, 0.2) is 18.2 Å². The molecule has 0 aliphatic rings. The number of hydrogen-bond donors (Lipinski definition) is 2. The first-order chi connectivity index (χ1) is 7.43. The monoisotopic (exact) mass is 224 g/mol. The van der Waals surface area contributed by atoms with Crippen molar-refractivity contribution in [2.75, 3.05) is 0 Å². The summed E-state index contributed by atoms with van der Waals surface area (Å²) in [4.78, 5) is 21.8. The van der Waals surface area contributed by atoms with Crippen molar-refractivity contribution in [2.24, 2.45) is 0 Å². The molecule has 0 bridgehead atoms. The molecule has 2 N–H and O–H groups in total. The standard InChI is InChI=1S/C11H12O5/c1-6(2)16-8-5-3-4-7(10(12)13)9(8)11(14)15/h3-6H,1-2H3,(H,12,13)(H,14,15). The Bertz CT molecular complexity index is 422. The van der Waals surface area contributed by atoms with Crippen molar-refractivity contribution in [1.82, 2.24) is 0 Å². The van der Waals surface area contributed by atoms with Crippen LogP contribution in [0, 0.1) is 0 Å². The molecular weight excluding hydrogens is 212 g/mol. The van der Waals surface area contributed by atoms with Crippen LogP contribution >= 0.6 is 0 Å². The van der Waals surface area contributed by atoms with Crippen LogP contribution in [-0.4, -0.2) is 28.3 Å². The molecule has 0 saturated carbocycles. The highest BCUT2D eigenvalue weighted by Gasteiger charge is 2.21. The number of carboxylic acids is 2. The van der Waals surface area contributed by atoms with Gasteiger partial charge in [-0.15, -0.1) is 0 Å². The summed E-state index contributed by atoms with van der Waals surface area (Å²) in [6.45, 7) is 3.47. The third kappa shape index (κ3) is 2.50. The van der Waals surface area contributed by atoms with Gasteiger partial charge in [0.25, 0.3) is 0 Å². The Morgan fingerprint density at radius 2 is 1.81 bits per heavy atom. The summed E-state index contributed by atoms with van der Waals surface area (Å²) in [7, 11) is 0. The van der Waals surface area contributed by atoms with E-state index in [-0.39, 0.29) is 23.0 Å². The lowest BCUT2D eigenvalue weighted by molar-refractivity contribution is 0.0645. The molecule has 0 heterocycles. The van der Waals surface area contributed by atoms with Crippen LogP contribution in [0.4, 0.5) is 0 Å². The SMILES string of the molecule is CC(C)Oc1cccc(C(=O)O)c1C(=O)O. The molecule has 16 heavy (non-hydrogen) atoms. The molecule has 1 rings (SSSR count). The summed E-state index contributed by atoms with van der Waals surface area (Å²) in [5.41, 5.74) is -0.589. The van der Waals surface area contributed by atoms with E-state index in [1.807, 2.05) is 0 Å². The van der Waals surface area contributed by atoms with Crippen LogP contribution < -0.4 is 4.74 Å². The second-order valence-electron chi connectivity index (χ2n) is 3.46. The van der Waals surface area contributed by atoms with E-state index in [4.69, 9.17) is 14.9 Å². The first-order valence-corrected chi connectivity index (χ1v) is 4.69. The minimum absolute atomic E-state index is 0.0717. The van der Waals surface area contributed by atoms with Gasteiger partial charge in [0.2, 0.25) is 0 Å². The predicted octanol–water partition coefficient (Wildman–Crippen LogP) is 1.87. The van der Waals surface area contributed by atoms with E-state index in [0.717, 1.165) is 0 Å². The average molecular weight is 224 g/mol. The third-order valence-electron chi connectivity index (χ3n) is 1.83. The first-order valence-electron chi connectivity index (χ1n) is 4.69. The molecule has 0 spiro atoms. The summed E-state index contributed by atoms with van der Waals surface area (Å²) >= 11 is 0. The Hall–Kier alpha value is -2.04. The lowest BCUT2D eigenvalue weighted by atomic mass is 10.1. The molecule has 0 fully saturated rings. The van der Waals surface area contributed by atoms with E-state index in [1.54, 1.807) is 13.8 Å². The van der Waals surface area contributed by atoms with Crippen LogP contribution in [0.2, 0.25) is 0 Å². The molecule has 0 aliphatic carbocycles. The lowest BCUT2D eigenvalue weighted by Crippen LogP contribution is -2.14. The fraction of sp³-hybridized carbons (Fsp3) is 0.273. The molecule has 0 radical (unpaired) electrons. The topological polar surface area (TPSA) is 83.8 Å². The van der Waals surface area contributed by atoms with Gasteiger partial charge in [-0.25, -0.2) is 9.59 Å². The molecule has 5 heteroatoms. The van der Waals surface area contributed by atoms with Gasteiger partial charge in [0, 0.05) is 0 Å². The van der Waals surface area contributed by atoms with Crippen molar-refractivity contribution in [2.45, 2.75) is 20.0 Å². The van der Waals surface area contributed by atoms with Gasteiger partial charge in [-0.3, -0.25) is 0 Å². The van der Waals surface area contributed by atoms with Crippen molar-refractivity contribution >= 4 is 11.9 Å². The Kier molecular flexibility index (Phi) is 3.50. The van der Waals surface area contributed by atoms with E-state index >= 15 is 0 Å². The van der Waals surface area contributed by atoms with Crippen LogP contribution in [0.1, 0.15) is 34.6 Å². The van der Waals surface area contributed by atoms with Crippen LogP contribution in [0.25, 0.3) is 0 Å². The maximum absolute atomic E-state index is 11.0. The third-order valence-corrected chi connectivity index (χ3v) is 1.83. The van der Waals surface area contributed by atoms with Gasteiger partial charge in [0.1, 0.15) is 11.3 Å². The summed E-state index contributed by atoms with van der Waals surface area (Å²) in [5.74, 6) is -2.53. The molecule has 0 atom stereocenters. The molecule has 5 nitrogen and oxygen atoms in total. The first kappa shape index (κ1) is 12.0. The van der Waals surface area contributed by atoms with Gasteiger partial charge in [-0.2, -0.15) is 0 Å². The molecule has 86 valence electrons. The van der Waals surface area contributed by atoms with Gasteiger partial charge in [0.05, 0.1) is 11.7 Å². The van der Waals surface area contributed by atoms with Crippen LogP contribution in [0.3, 0.4) is 0 Å². The molecule has 0 aromatic heterocycles. The fourth-order valence-corrected chi connectivity index (χ4v) is 1.28. The van der Waals surface area contributed by atoms with Crippen molar-refractivity contribution < 1.29 is 24.5 Å². The van der Waals surface area contributed by atoms with Gasteiger partial charge < -0.3 is 14.9 Å². The smallest absolute Gasteiger partial charge is 0.340 e. The second-order valence-corrected chi connectivity index (χ2v) is 3.46. The van der Waals surface area contributed by atoms with Crippen molar-refractivity contribution in [1.29, 1.82) is 0 Å². The largest absolute Gasteiger partial charge is 0.490 e. The highest BCUT2D eigenvalue weighted by atomic mass is 16.5. The van der Waals surface area contributed by atoms with Gasteiger partial charge in [-0.05, 0) is 26.0 Å². The van der Waals surface area contributed by atoms with E-state index in [0.29, 0.717) is 0 Å². The van der Waals surface area contributed by atoms with E-state index in [1.165, 1.54) is 18.2 Å². The second kappa shape index (κ2) is 4.65. The molecule has 0 unspecified atom stereocenters. The Balaban J connectivity index is 3.32. The average Bonchev–Trinajstić information content (AvgIpc) is 2.15. The number of carboxylic acid groups (broad SMARTS) is 2. The number of rotatable bonds is 4. The quantitative estimate of drug-likeness (QED) is 0.815. The molecule has 0 amide bonds. The number of ether oxygens (including phenoxy) is 1. The van der Waals surface area contributed by atoms with Crippen molar-refractivity contribution in [3.05, 3.63) is 29.3 Å². The van der Waals surface area contributed by atoms with Gasteiger partial charge >= 0.3 is 11.9 Å². The maximum atomic E-state index is 11.0. The summed E-state index contributed by atoms with van der Waals surface area (Å²) in [6, 6.07) is 4.13. The van der Waals surface area contributed by atoms with Gasteiger partial charge in [-0.1, -0.05) is 6.07 Å². The molecule has 1 aromatic rings. The number of hydrogen-bond acceptors (Lipinski definition) is 3. The van der Waals surface area contributed by atoms with Crippen molar-refractivity contribution in [3.8, 4) is 5.75 Å². The predicted molar refractivity (Wildman–Crippen MR) is 56.1 cm³/mol. The van der Waals surface area contributed by atoms with E-state index in [2.05, 4.69) is 0 Å². The van der Waals surface area contributed by atoms with Gasteiger partial charge in [0.15, 0.2) is 0 Å². The van der Waals surface area contributed by atoms with E-state index in [9.17, 15) is 9.59 Å². The maximum Gasteiger partial charge on any atom is 0.340 e. The molecule has 0 aliphatic heterocycles. The zero-order chi connectivity index (χ0) is 12.3. The highest BCUT2D eigenvalue weighted by Crippen LogP contribution is 2.23.